The number of ether oxygens (including phenoxy) is 2. The molecule has 0 aromatic rings. The van der Waals surface area contributed by atoms with E-state index in [1.807, 2.05) is 0 Å². The van der Waals surface area contributed by atoms with Crippen molar-refractivity contribution in [1.29, 1.82) is 0 Å². The highest BCUT2D eigenvalue weighted by Crippen LogP contribution is 2.43. The van der Waals surface area contributed by atoms with Gasteiger partial charge in [-0.15, -0.1) is 0 Å². The van der Waals surface area contributed by atoms with Gasteiger partial charge in [0.25, 0.3) is 0 Å². The number of phosphoric acid groups is 1. The minimum Gasteiger partial charge on any atom is -0.457 e. The maximum absolute atomic E-state index is 12.7. The van der Waals surface area contributed by atoms with Crippen LogP contribution in [0.15, 0.2) is 85.1 Å². The molecule has 0 saturated carbocycles. The predicted molar refractivity (Wildman–Crippen MR) is 251 cm³/mol. The van der Waals surface area contributed by atoms with Gasteiger partial charge in [-0.05, 0) is 83.5 Å². The second kappa shape index (κ2) is 46.2. The van der Waals surface area contributed by atoms with E-state index in [-0.39, 0.29) is 19.6 Å². The van der Waals surface area contributed by atoms with Crippen LogP contribution in [-0.4, -0.2) is 66.3 Å². The smallest absolute Gasteiger partial charge is 0.457 e. The van der Waals surface area contributed by atoms with Crippen molar-refractivity contribution < 1.29 is 43.0 Å². The number of unbranched alkanes of at least 4 members (excludes halogenated alkanes) is 16. The summed E-state index contributed by atoms with van der Waals surface area (Å²) in [6, 6.07) is 0. The van der Waals surface area contributed by atoms with E-state index in [1.165, 1.54) is 57.8 Å². The van der Waals surface area contributed by atoms with Crippen LogP contribution in [0.3, 0.4) is 0 Å². The van der Waals surface area contributed by atoms with Gasteiger partial charge in [0.15, 0.2) is 0 Å². The number of carbonyl (C=O) groups is 1. The molecule has 0 aromatic heterocycles. The Hall–Kier alpha value is -2.36. The molecule has 0 fully saturated rings. The topological polar surface area (TPSA) is 132 Å². The Bertz CT molecular complexity index is 1210. The molecular formula is C50H87O9P. The summed E-state index contributed by atoms with van der Waals surface area (Å²) in [5, 5.41) is 18.4. The normalized spacial score (nSPS) is 14.7. The van der Waals surface area contributed by atoms with Crippen LogP contribution in [0.5, 0.6) is 0 Å². The first-order valence-corrected chi connectivity index (χ1v) is 25.1. The van der Waals surface area contributed by atoms with Gasteiger partial charge in [-0.1, -0.05) is 176 Å². The second-order valence-corrected chi connectivity index (χ2v) is 16.8. The largest absolute Gasteiger partial charge is 0.472 e. The highest BCUT2D eigenvalue weighted by Gasteiger charge is 2.26. The third kappa shape index (κ3) is 45.2. The standard InChI is InChI=1S/C50H87O9P/c1-3-5-7-9-11-13-15-17-19-21-22-23-24-25-26-27-28-30-32-34-36-38-40-42-50(53)59-49(47-58-60(54,55)57-45-48(52)44-51)46-56-43-41-39-37-35-33-31-29-20-18-16-14-12-10-8-6-4-2/h5-8,11-14,17-20,22-23,48-49,51-52H,3-4,9-10,15-16,21,24-47H2,1-2H3,(H,54,55)/b7-5-,8-6-,13-11-,14-12-,19-17-,20-18-,23-22-. The molecule has 3 atom stereocenters. The van der Waals surface area contributed by atoms with Crippen molar-refractivity contribution in [1.82, 2.24) is 0 Å². The van der Waals surface area contributed by atoms with Gasteiger partial charge in [0.2, 0.25) is 0 Å². The van der Waals surface area contributed by atoms with Crippen LogP contribution in [0.4, 0.5) is 0 Å². The zero-order valence-electron chi connectivity index (χ0n) is 37.9. The maximum atomic E-state index is 12.7. The molecule has 9 nitrogen and oxygen atoms in total. The van der Waals surface area contributed by atoms with Crippen molar-refractivity contribution in [2.24, 2.45) is 0 Å². The number of rotatable bonds is 44. The summed E-state index contributed by atoms with van der Waals surface area (Å²) in [6.45, 7) is 3.25. The lowest BCUT2D eigenvalue weighted by Crippen LogP contribution is -2.29. The summed E-state index contributed by atoms with van der Waals surface area (Å²) in [7, 11) is -4.53. The number of aliphatic hydroxyl groups excluding tert-OH is 2. The maximum Gasteiger partial charge on any atom is 0.472 e. The number of allylic oxidation sites excluding steroid dienone is 14. The van der Waals surface area contributed by atoms with Gasteiger partial charge >= 0.3 is 13.8 Å². The van der Waals surface area contributed by atoms with E-state index in [2.05, 4.69) is 98.9 Å². The summed E-state index contributed by atoms with van der Waals surface area (Å²) >= 11 is 0. The third-order valence-electron chi connectivity index (χ3n) is 9.58. The molecular weight excluding hydrogens is 776 g/mol. The SMILES string of the molecule is CC/C=C\C/C=C\C/C=C\C/C=C\CCCCCCCCCCCCC(=O)OC(COCCCCCCCC/C=C\C/C=C\C/C=C\CC)COP(=O)(O)OCC(O)CO. The molecule has 0 heterocycles. The molecule has 0 rings (SSSR count). The number of phosphoric ester groups is 1. The van der Waals surface area contributed by atoms with E-state index < -0.39 is 39.2 Å². The van der Waals surface area contributed by atoms with Crippen LogP contribution in [0, 0.1) is 0 Å². The molecule has 0 bridgehead atoms. The van der Waals surface area contributed by atoms with Crippen LogP contribution >= 0.6 is 7.82 Å². The van der Waals surface area contributed by atoms with Crippen LogP contribution in [0.25, 0.3) is 0 Å². The molecule has 60 heavy (non-hydrogen) atoms. The number of hydrogen-bond acceptors (Lipinski definition) is 8. The molecule has 0 aliphatic rings. The van der Waals surface area contributed by atoms with E-state index in [0.717, 1.165) is 103 Å². The molecule has 0 saturated heterocycles. The summed E-state index contributed by atoms with van der Waals surface area (Å²) < 4.78 is 33.4. The molecule has 0 aromatic carbocycles. The minimum absolute atomic E-state index is 0.0341. The molecule has 10 heteroatoms. The van der Waals surface area contributed by atoms with Crippen molar-refractivity contribution >= 4 is 13.8 Å². The van der Waals surface area contributed by atoms with Gasteiger partial charge in [0.1, 0.15) is 12.2 Å². The fraction of sp³-hybridized carbons (Fsp3) is 0.700. The number of carbonyl (C=O) groups excluding carboxylic acids is 1. The van der Waals surface area contributed by atoms with Crippen LogP contribution in [0.2, 0.25) is 0 Å². The monoisotopic (exact) mass is 863 g/mol. The van der Waals surface area contributed by atoms with E-state index >= 15 is 0 Å². The fourth-order valence-corrected chi connectivity index (χ4v) is 6.86. The zero-order valence-corrected chi connectivity index (χ0v) is 38.8. The number of esters is 1. The predicted octanol–water partition coefficient (Wildman–Crippen LogP) is 13.5. The Balaban J connectivity index is 4.14. The molecule has 0 aliphatic heterocycles. The van der Waals surface area contributed by atoms with Crippen LogP contribution in [-0.2, 0) is 27.9 Å². The average Bonchev–Trinajstić information content (AvgIpc) is 3.24. The van der Waals surface area contributed by atoms with Crippen LogP contribution in [0.1, 0.15) is 181 Å². The molecule has 3 N–H and O–H groups in total. The van der Waals surface area contributed by atoms with Crippen molar-refractivity contribution in [3.8, 4) is 0 Å². The molecule has 0 spiro atoms. The van der Waals surface area contributed by atoms with Crippen LogP contribution < -0.4 is 0 Å². The van der Waals surface area contributed by atoms with Crippen molar-refractivity contribution in [3.05, 3.63) is 85.1 Å². The Kier molecular flexibility index (Phi) is 44.3. The Morgan fingerprint density at radius 3 is 1.35 bits per heavy atom. The van der Waals surface area contributed by atoms with E-state index in [1.54, 1.807) is 0 Å². The second-order valence-electron chi connectivity index (χ2n) is 15.4. The number of aliphatic hydroxyl groups is 2. The lowest BCUT2D eigenvalue weighted by Gasteiger charge is -2.20. The Labute approximate surface area is 366 Å². The summed E-state index contributed by atoms with van der Waals surface area (Å²) in [5.74, 6) is -0.395. The van der Waals surface area contributed by atoms with E-state index in [0.29, 0.717) is 6.61 Å². The lowest BCUT2D eigenvalue weighted by atomic mass is 10.0. The van der Waals surface area contributed by atoms with Gasteiger partial charge in [-0.2, -0.15) is 0 Å². The molecule has 346 valence electrons. The van der Waals surface area contributed by atoms with Gasteiger partial charge in [0, 0.05) is 13.0 Å². The summed E-state index contributed by atoms with van der Waals surface area (Å²) in [6.07, 6.45) is 56.8. The quantitative estimate of drug-likeness (QED) is 0.0237. The Morgan fingerprint density at radius 2 is 0.900 bits per heavy atom. The average molecular weight is 863 g/mol. The van der Waals surface area contributed by atoms with E-state index in [9.17, 15) is 19.4 Å². The first-order chi connectivity index (χ1) is 29.3. The van der Waals surface area contributed by atoms with Gasteiger partial charge in [-0.3, -0.25) is 13.8 Å². The van der Waals surface area contributed by atoms with Crippen molar-refractivity contribution in [2.75, 3.05) is 33.0 Å². The molecule has 0 aliphatic carbocycles. The lowest BCUT2D eigenvalue weighted by molar-refractivity contribution is -0.154. The van der Waals surface area contributed by atoms with Crippen molar-refractivity contribution in [2.45, 2.75) is 193 Å². The highest BCUT2D eigenvalue weighted by molar-refractivity contribution is 7.47. The van der Waals surface area contributed by atoms with Gasteiger partial charge in [-0.25, -0.2) is 4.57 Å². The minimum atomic E-state index is -4.53. The summed E-state index contributed by atoms with van der Waals surface area (Å²) in [4.78, 5) is 22.7. The molecule has 0 amide bonds. The van der Waals surface area contributed by atoms with Gasteiger partial charge in [0.05, 0.1) is 26.4 Å². The summed E-state index contributed by atoms with van der Waals surface area (Å²) in [5.41, 5.74) is 0. The number of hydrogen-bond donors (Lipinski definition) is 3. The van der Waals surface area contributed by atoms with Gasteiger partial charge < -0.3 is 24.6 Å². The zero-order chi connectivity index (χ0) is 43.9. The third-order valence-corrected chi connectivity index (χ3v) is 10.5. The molecule has 3 unspecified atom stereocenters. The highest BCUT2D eigenvalue weighted by atomic mass is 31.2. The first-order valence-electron chi connectivity index (χ1n) is 23.6. The Morgan fingerprint density at radius 1 is 0.517 bits per heavy atom. The van der Waals surface area contributed by atoms with Crippen molar-refractivity contribution in [3.63, 3.8) is 0 Å². The molecule has 0 radical (unpaired) electrons. The fourth-order valence-electron chi connectivity index (χ4n) is 6.07. The van der Waals surface area contributed by atoms with E-state index in [4.69, 9.17) is 23.6 Å². The first kappa shape index (κ1) is 57.6.